The molecule has 1 saturated heterocycles. The number of carbonyl (C=O) groups excluding carboxylic acids is 2. The second-order valence-electron chi connectivity index (χ2n) is 4.77. The molecule has 1 aromatic rings. The van der Waals surface area contributed by atoms with Gasteiger partial charge in [0.25, 0.3) is 5.91 Å². The van der Waals surface area contributed by atoms with E-state index < -0.39 is 12.1 Å². The Labute approximate surface area is 117 Å². The highest BCUT2D eigenvalue weighted by Gasteiger charge is 2.26. The van der Waals surface area contributed by atoms with E-state index in [4.69, 9.17) is 10.00 Å². The minimum absolute atomic E-state index is 0.160. The Kier molecular flexibility index (Phi) is 4.36. The number of nitrogens with zero attached hydrogens (tertiary/aromatic N) is 2. The molecule has 5 heteroatoms. The minimum atomic E-state index is -0.800. The van der Waals surface area contributed by atoms with Gasteiger partial charge < -0.3 is 9.64 Å². The average molecular weight is 272 g/mol. The summed E-state index contributed by atoms with van der Waals surface area (Å²) in [6.45, 7) is 3.03. The molecular formula is C15H16N2O3. The third kappa shape index (κ3) is 3.15. The van der Waals surface area contributed by atoms with Crippen LogP contribution in [0.3, 0.4) is 0 Å². The van der Waals surface area contributed by atoms with Crippen LogP contribution in [-0.4, -0.2) is 36.0 Å². The number of hydrogen-bond donors (Lipinski definition) is 0. The summed E-state index contributed by atoms with van der Waals surface area (Å²) >= 11 is 0. The number of esters is 1. The summed E-state index contributed by atoms with van der Waals surface area (Å²) in [7, 11) is 0. The van der Waals surface area contributed by atoms with Gasteiger partial charge in [0.1, 0.15) is 0 Å². The number of ether oxygens (including phenoxy) is 1. The van der Waals surface area contributed by atoms with Crippen molar-refractivity contribution in [3.63, 3.8) is 0 Å². The van der Waals surface area contributed by atoms with Gasteiger partial charge >= 0.3 is 5.97 Å². The highest BCUT2D eigenvalue weighted by atomic mass is 16.5. The molecule has 1 atom stereocenters. The Hall–Kier alpha value is -2.35. The number of benzene rings is 1. The normalized spacial score (nSPS) is 15.5. The van der Waals surface area contributed by atoms with Crippen LogP contribution in [0.25, 0.3) is 0 Å². The zero-order valence-electron chi connectivity index (χ0n) is 11.3. The predicted octanol–water partition coefficient (Wildman–Crippen LogP) is 1.73. The number of amides is 1. The molecule has 104 valence electrons. The molecular weight excluding hydrogens is 256 g/mol. The summed E-state index contributed by atoms with van der Waals surface area (Å²) in [5.41, 5.74) is 0.670. The van der Waals surface area contributed by atoms with Crippen LogP contribution in [0.2, 0.25) is 0 Å². The van der Waals surface area contributed by atoms with Gasteiger partial charge in [-0.2, -0.15) is 5.26 Å². The standard InChI is InChI=1S/C15H16N2O3/c1-11(14(18)17-7-2-3-8-17)20-15(19)13-6-4-5-12(9-13)10-16/h4-6,9,11H,2-3,7-8H2,1H3/t11-/m0/s1. The van der Waals surface area contributed by atoms with E-state index in [-0.39, 0.29) is 11.5 Å². The van der Waals surface area contributed by atoms with Gasteiger partial charge in [-0.15, -0.1) is 0 Å². The van der Waals surface area contributed by atoms with Gasteiger partial charge in [-0.25, -0.2) is 4.79 Å². The predicted molar refractivity (Wildman–Crippen MR) is 71.8 cm³/mol. The molecule has 0 unspecified atom stereocenters. The molecule has 0 aliphatic carbocycles. The molecule has 1 amide bonds. The maximum Gasteiger partial charge on any atom is 0.338 e. The maximum atomic E-state index is 12.0. The summed E-state index contributed by atoms with van der Waals surface area (Å²) in [4.78, 5) is 25.7. The van der Waals surface area contributed by atoms with Gasteiger partial charge in [0, 0.05) is 13.1 Å². The Morgan fingerprint density at radius 2 is 2.05 bits per heavy atom. The molecule has 0 N–H and O–H groups in total. The van der Waals surface area contributed by atoms with Crippen molar-refractivity contribution in [1.82, 2.24) is 4.90 Å². The van der Waals surface area contributed by atoms with Gasteiger partial charge in [-0.3, -0.25) is 4.79 Å². The van der Waals surface area contributed by atoms with Crippen molar-refractivity contribution in [2.75, 3.05) is 13.1 Å². The summed E-state index contributed by atoms with van der Waals surface area (Å²) < 4.78 is 5.17. The second kappa shape index (κ2) is 6.20. The van der Waals surface area contributed by atoms with Crippen LogP contribution in [0, 0.1) is 11.3 Å². The molecule has 0 spiro atoms. The third-order valence-electron chi connectivity index (χ3n) is 3.28. The zero-order chi connectivity index (χ0) is 14.5. The minimum Gasteiger partial charge on any atom is -0.449 e. The molecule has 1 aliphatic heterocycles. The molecule has 1 aromatic carbocycles. The van der Waals surface area contributed by atoms with E-state index in [1.54, 1.807) is 30.0 Å². The van der Waals surface area contributed by atoms with Crippen LogP contribution >= 0.6 is 0 Å². The molecule has 5 nitrogen and oxygen atoms in total. The van der Waals surface area contributed by atoms with Gasteiger partial charge in [-0.1, -0.05) is 6.07 Å². The lowest BCUT2D eigenvalue weighted by atomic mass is 10.1. The SMILES string of the molecule is C[C@H](OC(=O)c1cccc(C#N)c1)C(=O)N1CCCC1. The number of carbonyl (C=O) groups is 2. The molecule has 1 heterocycles. The van der Waals surface area contributed by atoms with Crippen molar-refractivity contribution in [3.8, 4) is 6.07 Å². The Bertz CT molecular complexity index is 556. The van der Waals surface area contributed by atoms with Gasteiger partial charge in [0.05, 0.1) is 17.2 Å². The molecule has 0 saturated carbocycles. The van der Waals surface area contributed by atoms with Gasteiger partial charge in [0.2, 0.25) is 0 Å². The van der Waals surface area contributed by atoms with E-state index >= 15 is 0 Å². The summed E-state index contributed by atoms with van der Waals surface area (Å²) in [6.07, 6.45) is 1.19. The van der Waals surface area contributed by atoms with Crippen molar-refractivity contribution in [1.29, 1.82) is 5.26 Å². The van der Waals surface area contributed by atoms with Crippen molar-refractivity contribution in [3.05, 3.63) is 35.4 Å². The quantitative estimate of drug-likeness (QED) is 0.786. The summed E-state index contributed by atoms with van der Waals surface area (Å²) in [6, 6.07) is 8.20. The van der Waals surface area contributed by atoms with Crippen LogP contribution in [0.15, 0.2) is 24.3 Å². The Morgan fingerprint density at radius 1 is 1.35 bits per heavy atom. The highest BCUT2D eigenvalue weighted by molar-refractivity contribution is 5.92. The van der Waals surface area contributed by atoms with E-state index in [0.717, 1.165) is 25.9 Å². The maximum absolute atomic E-state index is 12.0. The largest absolute Gasteiger partial charge is 0.449 e. The molecule has 0 radical (unpaired) electrons. The van der Waals surface area contributed by atoms with Crippen molar-refractivity contribution < 1.29 is 14.3 Å². The van der Waals surface area contributed by atoms with E-state index in [0.29, 0.717) is 5.56 Å². The topological polar surface area (TPSA) is 70.4 Å². The number of nitriles is 1. The van der Waals surface area contributed by atoms with Crippen LogP contribution in [0.1, 0.15) is 35.7 Å². The summed E-state index contributed by atoms with van der Waals surface area (Å²) in [5, 5.41) is 8.79. The lowest BCUT2D eigenvalue weighted by Crippen LogP contribution is -2.38. The molecule has 20 heavy (non-hydrogen) atoms. The van der Waals surface area contributed by atoms with Crippen molar-refractivity contribution >= 4 is 11.9 Å². The average Bonchev–Trinajstić information content (AvgIpc) is 3.00. The fourth-order valence-electron chi connectivity index (χ4n) is 2.19. The van der Waals surface area contributed by atoms with Crippen LogP contribution in [0.5, 0.6) is 0 Å². The highest BCUT2D eigenvalue weighted by Crippen LogP contribution is 2.12. The van der Waals surface area contributed by atoms with Crippen LogP contribution in [0.4, 0.5) is 0 Å². The number of rotatable bonds is 3. The molecule has 0 aromatic heterocycles. The first-order chi connectivity index (χ1) is 9.61. The first-order valence-electron chi connectivity index (χ1n) is 6.62. The van der Waals surface area contributed by atoms with Crippen LogP contribution in [-0.2, 0) is 9.53 Å². The zero-order valence-corrected chi connectivity index (χ0v) is 11.3. The lowest BCUT2D eigenvalue weighted by molar-refractivity contribution is -0.138. The van der Waals surface area contributed by atoms with Crippen LogP contribution < -0.4 is 0 Å². The molecule has 1 aliphatic rings. The fraction of sp³-hybridized carbons (Fsp3) is 0.400. The fourth-order valence-corrected chi connectivity index (χ4v) is 2.19. The summed E-state index contributed by atoms with van der Waals surface area (Å²) in [5.74, 6) is -0.741. The van der Waals surface area contributed by atoms with Crippen molar-refractivity contribution in [2.24, 2.45) is 0 Å². The Balaban J connectivity index is 1.99. The molecule has 1 fully saturated rings. The van der Waals surface area contributed by atoms with Gasteiger partial charge in [-0.05, 0) is 38.0 Å². The first-order valence-corrected chi connectivity index (χ1v) is 6.62. The van der Waals surface area contributed by atoms with E-state index in [1.807, 2.05) is 6.07 Å². The second-order valence-corrected chi connectivity index (χ2v) is 4.77. The monoisotopic (exact) mass is 272 g/mol. The smallest absolute Gasteiger partial charge is 0.338 e. The molecule has 2 rings (SSSR count). The van der Waals surface area contributed by atoms with E-state index in [1.165, 1.54) is 6.07 Å². The Morgan fingerprint density at radius 3 is 2.70 bits per heavy atom. The molecule has 0 bridgehead atoms. The lowest BCUT2D eigenvalue weighted by Gasteiger charge is -2.20. The number of likely N-dealkylation sites (tertiary alicyclic amines) is 1. The van der Waals surface area contributed by atoms with Crippen molar-refractivity contribution in [2.45, 2.75) is 25.9 Å². The first kappa shape index (κ1) is 14.1. The van der Waals surface area contributed by atoms with Gasteiger partial charge in [0.15, 0.2) is 6.10 Å². The number of hydrogen-bond acceptors (Lipinski definition) is 4. The van der Waals surface area contributed by atoms with E-state index in [2.05, 4.69) is 0 Å². The third-order valence-corrected chi connectivity index (χ3v) is 3.28. The van der Waals surface area contributed by atoms with E-state index in [9.17, 15) is 9.59 Å².